The molecule has 0 amide bonds. The molecule has 0 radical (unpaired) electrons. The van der Waals surface area contributed by atoms with Crippen molar-refractivity contribution in [1.82, 2.24) is 5.32 Å². The second-order valence-electron chi connectivity index (χ2n) is 6.73. The summed E-state index contributed by atoms with van der Waals surface area (Å²) < 4.78 is 0. The molecule has 1 rings (SSSR count). The summed E-state index contributed by atoms with van der Waals surface area (Å²) >= 11 is 0. The minimum atomic E-state index is 0.678. The van der Waals surface area contributed by atoms with Gasteiger partial charge < -0.3 is 5.32 Å². The Morgan fingerprint density at radius 1 is 1.11 bits per heavy atom. The highest BCUT2D eigenvalue weighted by atomic mass is 14.9. The molecule has 0 aromatic heterocycles. The third-order valence-corrected chi connectivity index (χ3v) is 4.77. The number of nitrogens with one attached hydrogen (secondary N) is 1. The van der Waals surface area contributed by atoms with Crippen LogP contribution >= 0.6 is 0 Å². The van der Waals surface area contributed by atoms with Crippen LogP contribution in [0.5, 0.6) is 0 Å². The zero-order valence-electron chi connectivity index (χ0n) is 13.7. The summed E-state index contributed by atoms with van der Waals surface area (Å²) in [5.41, 5.74) is 1.32. The van der Waals surface area contributed by atoms with E-state index in [-0.39, 0.29) is 0 Å². The van der Waals surface area contributed by atoms with Crippen LogP contribution in [0.4, 0.5) is 0 Å². The Kier molecular flexibility index (Phi) is 7.56. The van der Waals surface area contributed by atoms with E-state index in [0.717, 1.165) is 11.8 Å². The van der Waals surface area contributed by atoms with Crippen LogP contribution in [0.2, 0.25) is 0 Å². The van der Waals surface area contributed by atoms with Gasteiger partial charge in [-0.1, -0.05) is 53.5 Å². The lowest BCUT2D eigenvalue weighted by Crippen LogP contribution is -2.37. The van der Waals surface area contributed by atoms with Crippen molar-refractivity contribution in [3.63, 3.8) is 0 Å². The van der Waals surface area contributed by atoms with Gasteiger partial charge in [-0.15, -0.1) is 0 Å². The molecule has 1 saturated carbocycles. The van der Waals surface area contributed by atoms with Gasteiger partial charge in [0.25, 0.3) is 0 Å². The molecule has 0 aliphatic heterocycles. The zero-order valence-corrected chi connectivity index (χ0v) is 13.7. The van der Waals surface area contributed by atoms with Crippen molar-refractivity contribution in [2.45, 2.75) is 85.1 Å². The Morgan fingerprint density at radius 3 is 2.26 bits per heavy atom. The molecule has 3 unspecified atom stereocenters. The average Bonchev–Trinajstić information content (AvgIpc) is 2.37. The Hall–Kier alpha value is -0.460. The average molecular weight is 265 g/mol. The summed E-state index contributed by atoms with van der Waals surface area (Å²) in [5, 5.41) is 3.79. The Balaban J connectivity index is 2.49. The van der Waals surface area contributed by atoms with Gasteiger partial charge >= 0.3 is 0 Å². The normalized spacial score (nSPS) is 27.5. The Labute approximate surface area is 121 Å². The molecule has 1 fully saturated rings. The minimum Gasteiger partial charge on any atom is -0.386 e. The molecule has 19 heavy (non-hydrogen) atoms. The molecule has 0 spiro atoms. The third kappa shape index (κ3) is 5.58. The van der Waals surface area contributed by atoms with Crippen molar-refractivity contribution >= 4 is 0 Å². The van der Waals surface area contributed by atoms with Crippen LogP contribution in [0.1, 0.15) is 79.1 Å². The minimum absolute atomic E-state index is 0.678. The van der Waals surface area contributed by atoms with E-state index in [9.17, 15) is 0 Å². The van der Waals surface area contributed by atoms with E-state index in [2.05, 4.69) is 39.6 Å². The van der Waals surface area contributed by atoms with E-state index in [1.165, 1.54) is 57.1 Å². The number of allylic oxidation sites excluding steroid dienone is 1. The second kappa shape index (κ2) is 8.66. The highest BCUT2D eigenvalue weighted by Crippen LogP contribution is 2.32. The third-order valence-electron chi connectivity index (χ3n) is 4.77. The number of hydrogen-bond donors (Lipinski definition) is 1. The van der Waals surface area contributed by atoms with Gasteiger partial charge in [0.05, 0.1) is 0 Å². The maximum absolute atomic E-state index is 4.35. The monoisotopic (exact) mass is 265 g/mol. The van der Waals surface area contributed by atoms with E-state index >= 15 is 0 Å². The summed E-state index contributed by atoms with van der Waals surface area (Å²) in [6, 6.07) is 0.678. The van der Waals surface area contributed by atoms with Crippen LogP contribution in [0.25, 0.3) is 0 Å². The Morgan fingerprint density at radius 2 is 1.74 bits per heavy atom. The molecule has 1 aliphatic rings. The van der Waals surface area contributed by atoms with Crippen LogP contribution in [0, 0.1) is 17.8 Å². The first-order valence-corrected chi connectivity index (χ1v) is 8.55. The first kappa shape index (κ1) is 16.6. The van der Waals surface area contributed by atoms with E-state index in [4.69, 9.17) is 0 Å². The van der Waals surface area contributed by atoms with E-state index in [1.807, 2.05) is 0 Å². The molecule has 0 bridgehead atoms. The van der Waals surface area contributed by atoms with E-state index in [0.29, 0.717) is 12.0 Å². The molecule has 3 atom stereocenters. The van der Waals surface area contributed by atoms with Crippen molar-refractivity contribution in [3.8, 4) is 0 Å². The summed E-state index contributed by atoms with van der Waals surface area (Å²) in [4.78, 5) is 0. The number of hydrogen-bond acceptors (Lipinski definition) is 1. The SMILES string of the molecule is C=C(NC1CC(C)CC(CC)C1)C(CCC)CCC. The largest absolute Gasteiger partial charge is 0.386 e. The van der Waals surface area contributed by atoms with E-state index in [1.54, 1.807) is 0 Å². The van der Waals surface area contributed by atoms with Crippen LogP contribution in [-0.4, -0.2) is 6.04 Å². The quantitative estimate of drug-likeness (QED) is 0.609. The van der Waals surface area contributed by atoms with Crippen LogP contribution in [0.15, 0.2) is 12.3 Å². The van der Waals surface area contributed by atoms with Crippen LogP contribution in [-0.2, 0) is 0 Å². The van der Waals surface area contributed by atoms with Gasteiger partial charge in [-0.3, -0.25) is 0 Å². The Bertz CT molecular complexity index is 252. The molecular formula is C18H35N. The fourth-order valence-corrected chi connectivity index (χ4v) is 3.77. The summed E-state index contributed by atoms with van der Waals surface area (Å²) in [6.07, 6.45) is 10.6. The molecule has 0 saturated heterocycles. The summed E-state index contributed by atoms with van der Waals surface area (Å²) in [6.45, 7) is 13.7. The fourth-order valence-electron chi connectivity index (χ4n) is 3.77. The molecule has 1 nitrogen and oxygen atoms in total. The van der Waals surface area contributed by atoms with Crippen molar-refractivity contribution in [2.24, 2.45) is 17.8 Å². The highest BCUT2D eigenvalue weighted by Gasteiger charge is 2.26. The van der Waals surface area contributed by atoms with Crippen LogP contribution in [0.3, 0.4) is 0 Å². The molecular weight excluding hydrogens is 230 g/mol. The molecule has 1 aliphatic carbocycles. The van der Waals surface area contributed by atoms with Gasteiger partial charge in [-0.2, -0.15) is 0 Å². The zero-order chi connectivity index (χ0) is 14.3. The van der Waals surface area contributed by atoms with Gasteiger partial charge in [0, 0.05) is 11.7 Å². The van der Waals surface area contributed by atoms with Crippen molar-refractivity contribution in [3.05, 3.63) is 12.3 Å². The van der Waals surface area contributed by atoms with Crippen LogP contribution < -0.4 is 5.32 Å². The van der Waals surface area contributed by atoms with Gasteiger partial charge in [0.15, 0.2) is 0 Å². The van der Waals surface area contributed by atoms with Gasteiger partial charge in [0.2, 0.25) is 0 Å². The topological polar surface area (TPSA) is 12.0 Å². The predicted octanol–water partition coefficient (Wildman–Crippen LogP) is 5.52. The smallest absolute Gasteiger partial charge is 0.0263 e. The molecule has 1 N–H and O–H groups in total. The molecule has 112 valence electrons. The maximum Gasteiger partial charge on any atom is 0.0263 e. The van der Waals surface area contributed by atoms with Gasteiger partial charge in [-0.25, -0.2) is 0 Å². The summed E-state index contributed by atoms with van der Waals surface area (Å²) in [5.74, 6) is 2.48. The molecule has 0 heterocycles. The lowest BCUT2D eigenvalue weighted by atomic mass is 9.78. The first-order valence-electron chi connectivity index (χ1n) is 8.55. The maximum atomic E-state index is 4.35. The van der Waals surface area contributed by atoms with Gasteiger partial charge in [-0.05, 0) is 49.9 Å². The predicted molar refractivity (Wildman–Crippen MR) is 86.2 cm³/mol. The highest BCUT2D eigenvalue weighted by molar-refractivity contribution is 5.01. The summed E-state index contributed by atoms with van der Waals surface area (Å²) in [7, 11) is 0. The van der Waals surface area contributed by atoms with Crippen molar-refractivity contribution < 1.29 is 0 Å². The van der Waals surface area contributed by atoms with Gasteiger partial charge in [0.1, 0.15) is 0 Å². The number of rotatable bonds is 8. The lowest BCUT2D eigenvalue weighted by molar-refractivity contribution is 0.225. The van der Waals surface area contributed by atoms with Crippen molar-refractivity contribution in [2.75, 3.05) is 0 Å². The fraction of sp³-hybridized carbons (Fsp3) is 0.889. The second-order valence-corrected chi connectivity index (χ2v) is 6.73. The van der Waals surface area contributed by atoms with E-state index < -0.39 is 0 Å². The molecule has 0 aromatic rings. The molecule has 0 aromatic carbocycles. The standard InChI is InChI=1S/C18H35N/c1-6-9-17(10-7-2)15(5)19-18-12-14(4)11-16(8-3)13-18/h14,16-19H,5-13H2,1-4H3. The molecule has 1 heteroatoms. The lowest BCUT2D eigenvalue weighted by Gasteiger charge is -2.35. The first-order chi connectivity index (χ1) is 9.10. The van der Waals surface area contributed by atoms with Crippen molar-refractivity contribution in [1.29, 1.82) is 0 Å².